The van der Waals surface area contributed by atoms with E-state index in [0.29, 0.717) is 6.04 Å². The number of aromatic nitrogens is 2. The van der Waals surface area contributed by atoms with Crippen molar-refractivity contribution in [3.63, 3.8) is 0 Å². The number of rotatable bonds is 8. The van der Waals surface area contributed by atoms with Crippen molar-refractivity contribution in [2.24, 2.45) is 18.0 Å². The first-order chi connectivity index (χ1) is 12.5. The molecule has 27 heavy (non-hydrogen) atoms. The summed E-state index contributed by atoms with van der Waals surface area (Å²) in [4.78, 5) is 6.62. The smallest absolute Gasteiger partial charge is 0.191 e. The summed E-state index contributed by atoms with van der Waals surface area (Å²) < 4.78 is 1.85. The fourth-order valence-corrected chi connectivity index (χ4v) is 3.87. The maximum atomic E-state index is 4.41. The lowest BCUT2D eigenvalue weighted by atomic mass is 9.85. The Morgan fingerprint density at radius 3 is 2.59 bits per heavy atom. The molecular formula is C20H39IN6. The first-order valence-electron chi connectivity index (χ1n) is 10.1. The molecule has 7 heteroatoms. The zero-order valence-corrected chi connectivity index (χ0v) is 20.1. The normalized spacial score (nSPS) is 18.1. The fourth-order valence-electron chi connectivity index (χ4n) is 3.87. The van der Waals surface area contributed by atoms with Gasteiger partial charge in [0.1, 0.15) is 0 Å². The van der Waals surface area contributed by atoms with Crippen molar-refractivity contribution in [3.8, 4) is 0 Å². The lowest BCUT2D eigenvalue weighted by Gasteiger charge is -2.26. The quantitative estimate of drug-likeness (QED) is 0.333. The number of halogens is 1. The Morgan fingerprint density at radius 2 is 2.04 bits per heavy atom. The Hall–Kier alpha value is -0.830. The molecule has 1 aromatic heterocycles. The second-order valence-corrected chi connectivity index (χ2v) is 8.01. The van der Waals surface area contributed by atoms with E-state index < -0.39 is 0 Å². The Morgan fingerprint density at radius 1 is 1.33 bits per heavy atom. The van der Waals surface area contributed by atoms with Gasteiger partial charge in [-0.2, -0.15) is 5.10 Å². The maximum Gasteiger partial charge on any atom is 0.191 e. The van der Waals surface area contributed by atoms with Crippen LogP contribution in [-0.4, -0.2) is 54.4 Å². The molecule has 6 nitrogen and oxygen atoms in total. The Labute approximate surface area is 182 Å². The summed E-state index contributed by atoms with van der Waals surface area (Å²) in [6, 6.07) is 0.708. The number of nitrogens with one attached hydrogen (secondary N) is 2. The summed E-state index contributed by atoms with van der Waals surface area (Å²) in [6.45, 7) is 3.06. The average Bonchev–Trinajstić information content (AvgIpc) is 3.05. The van der Waals surface area contributed by atoms with E-state index in [9.17, 15) is 0 Å². The molecule has 156 valence electrons. The van der Waals surface area contributed by atoms with E-state index in [1.807, 2.05) is 25.0 Å². The molecule has 0 amide bonds. The third-order valence-electron chi connectivity index (χ3n) is 5.54. The average molecular weight is 490 g/mol. The topological polar surface area (TPSA) is 57.5 Å². The van der Waals surface area contributed by atoms with Crippen LogP contribution in [0, 0.1) is 5.92 Å². The minimum absolute atomic E-state index is 0. The van der Waals surface area contributed by atoms with Crippen LogP contribution in [0.1, 0.15) is 63.5 Å². The highest BCUT2D eigenvalue weighted by Gasteiger charge is 2.18. The number of guanidine groups is 1. The number of aryl methyl sites for hydroxylation is 1. The van der Waals surface area contributed by atoms with E-state index in [4.69, 9.17) is 0 Å². The highest BCUT2D eigenvalue weighted by molar-refractivity contribution is 14.0. The van der Waals surface area contributed by atoms with Gasteiger partial charge in [-0.1, -0.05) is 32.1 Å². The van der Waals surface area contributed by atoms with Crippen LogP contribution in [0.5, 0.6) is 0 Å². The van der Waals surface area contributed by atoms with E-state index in [1.54, 1.807) is 0 Å². The van der Waals surface area contributed by atoms with Crippen molar-refractivity contribution in [1.29, 1.82) is 0 Å². The van der Waals surface area contributed by atoms with Gasteiger partial charge in [0, 0.05) is 38.4 Å². The number of hydrogen-bond acceptors (Lipinski definition) is 3. The number of aliphatic imine (C=N–C) groups is 1. The van der Waals surface area contributed by atoms with E-state index in [0.717, 1.165) is 18.4 Å². The molecule has 1 aromatic rings. The highest BCUT2D eigenvalue weighted by atomic mass is 127. The van der Waals surface area contributed by atoms with Crippen molar-refractivity contribution in [2.75, 3.05) is 27.7 Å². The second-order valence-electron chi connectivity index (χ2n) is 8.01. The third kappa shape index (κ3) is 8.37. The van der Waals surface area contributed by atoms with Gasteiger partial charge in [0.2, 0.25) is 0 Å². The molecule has 1 heterocycles. The summed E-state index contributed by atoms with van der Waals surface area (Å²) in [7, 11) is 8.00. The molecule has 0 saturated heterocycles. The van der Waals surface area contributed by atoms with Gasteiger partial charge in [-0.05, 0) is 39.8 Å². The standard InChI is InChI=1S/C20H38N6.HI/c1-16(11-12-17-9-7-6-8-10-17)24-20(21-2)22-14-19(25(3)4)18-13-23-26(5)15-18;/h13,15-17,19H,6-12,14H2,1-5H3,(H2,21,22,24);1H. The fraction of sp³-hybridized carbons (Fsp3) is 0.800. The summed E-state index contributed by atoms with van der Waals surface area (Å²) in [6.07, 6.45) is 13.7. The van der Waals surface area contributed by atoms with Gasteiger partial charge in [0.25, 0.3) is 0 Å². The van der Waals surface area contributed by atoms with Gasteiger partial charge in [-0.15, -0.1) is 24.0 Å². The number of nitrogens with zero attached hydrogens (tertiary/aromatic N) is 4. The summed E-state index contributed by atoms with van der Waals surface area (Å²) >= 11 is 0. The van der Waals surface area contributed by atoms with Crippen LogP contribution in [0.3, 0.4) is 0 Å². The Kier molecular flexibility index (Phi) is 11.3. The van der Waals surface area contributed by atoms with Crippen LogP contribution in [0.4, 0.5) is 0 Å². The summed E-state index contributed by atoms with van der Waals surface area (Å²) in [5, 5.41) is 11.3. The molecule has 0 bridgehead atoms. The molecule has 0 radical (unpaired) electrons. The predicted octanol–water partition coefficient (Wildman–Crippen LogP) is 3.55. The molecule has 2 rings (SSSR count). The largest absolute Gasteiger partial charge is 0.354 e. The monoisotopic (exact) mass is 490 g/mol. The van der Waals surface area contributed by atoms with Crippen LogP contribution in [0.15, 0.2) is 17.4 Å². The SMILES string of the molecule is CN=C(NCC(c1cnn(C)c1)N(C)C)NC(C)CCC1CCCCC1.I. The lowest BCUT2D eigenvalue weighted by molar-refractivity contribution is 0.297. The van der Waals surface area contributed by atoms with Gasteiger partial charge >= 0.3 is 0 Å². The Balaban J connectivity index is 0.00000364. The van der Waals surface area contributed by atoms with Crippen LogP contribution < -0.4 is 10.6 Å². The predicted molar refractivity (Wildman–Crippen MR) is 125 cm³/mol. The zero-order valence-electron chi connectivity index (χ0n) is 17.7. The Bertz CT molecular complexity index is 550. The van der Waals surface area contributed by atoms with Crippen LogP contribution >= 0.6 is 24.0 Å². The van der Waals surface area contributed by atoms with Gasteiger partial charge in [0.15, 0.2) is 5.96 Å². The van der Waals surface area contributed by atoms with Crippen molar-refractivity contribution in [2.45, 2.75) is 64.0 Å². The molecule has 2 N–H and O–H groups in total. The molecule has 1 aliphatic carbocycles. The van der Waals surface area contributed by atoms with E-state index >= 15 is 0 Å². The van der Waals surface area contributed by atoms with Crippen molar-refractivity contribution < 1.29 is 0 Å². The first-order valence-corrected chi connectivity index (χ1v) is 10.1. The maximum absolute atomic E-state index is 4.41. The molecule has 1 saturated carbocycles. The number of likely N-dealkylation sites (N-methyl/N-ethyl adjacent to an activating group) is 1. The second kappa shape index (κ2) is 12.6. The third-order valence-corrected chi connectivity index (χ3v) is 5.54. The summed E-state index contributed by atoms with van der Waals surface area (Å²) in [5.41, 5.74) is 1.21. The molecule has 1 fully saturated rings. The van der Waals surface area contributed by atoms with Crippen molar-refractivity contribution in [3.05, 3.63) is 18.0 Å². The van der Waals surface area contributed by atoms with Crippen LogP contribution in [0.25, 0.3) is 0 Å². The highest BCUT2D eigenvalue weighted by Crippen LogP contribution is 2.27. The minimum Gasteiger partial charge on any atom is -0.354 e. The van der Waals surface area contributed by atoms with E-state index in [-0.39, 0.29) is 30.0 Å². The van der Waals surface area contributed by atoms with Gasteiger partial charge in [-0.25, -0.2) is 0 Å². The van der Waals surface area contributed by atoms with Crippen LogP contribution in [-0.2, 0) is 7.05 Å². The minimum atomic E-state index is 0. The molecule has 0 aromatic carbocycles. The van der Waals surface area contributed by atoms with E-state index in [1.165, 1.54) is 50.5 Å². The van der Waals surface area contributed by atoms with Gasteiger partial charge < -0.3 is 15.5 Å². The lowest BCUT2D eigenvalue weighted by Crippen LogP contribution is -2.45. The van der Waals surface area contributed by atoms with E-state index in [2.05, 4.69) is 52.8 Å². The molecule has 0 spiro atoms. The van der Waals surface area contributed by atoms with Crippen LogP contribution in [0.2, 0.25) is 0 Å². The number of hydrogen-bond donors (Lipinski definition) is 2. The molecular weight excluding hydrogens is 451 g/mol. The summed E-state index contributed by atoms with van der Waals surface area (Å²) in [5.74, 6) is 1.82. The first kappa shape index (κ1) is 24.2. The molecule has 0 aliphatic heterocycles. The van der Waals surface area contributed by atoms with Gasteiger partial charge in [-0.3, -0.25) is 9.67 Å². The van der Waals surface area contributed by atoms with Crippen molar-refractivity contribution in [1.82, 2.24) is 25.3 Å². The molecule has 1 aliphatic rings. The van der Waals surface area contributed by atoms with Gasteiger partial charge in [0.05, 0.1) is 12.2 Å². The van der Waals surface area contributed by atoms with Crippen molar-refractivity contribution >= 4 is 29.9 Å². The zero-order chi connectivity index (χ0) is 18.9. The molecule has 2 atom stereocenters. The molecule has 2 unspecified atom stereocenters.